The molecule has 2 amide bonds. The number of urea groups is 1. The monoisotopic (exact) mass is 435 g/mol. The zero-order valence-corrected chi connectivity index (χ0v) is 18.3. The number of esters is 1. The Morgan fingerprint density at radius 2 is 1.94 bits per heavy atom. The van der Waals surface area contributed by atoms with Crippen LogP contribution in [0, 0.1) is 10.1 Å². The number of unbranched alkanes of at least 4 members (excludes halogenated alkanes) is 1. The van der Waals surface area contributed by atoms with E-state index < -0.39 is 23.0 Å². The van der Waals surface area contributed by atoms with Crippen molar-refractivity contribution < 1.29 is 28.7 Å². The molecule has 0 aliphatic carbocycles. The minimum atomic E-state index is -1.07. The highest BCUT2D eigenvalue weighted by Gasteiger charge is 2.38. The average molecular weight is 435 g/mol. The molecule has 10 nitrogen and oxygen atoms in total. The number of hydrogen-bond donors (Lipinski definition) is 2. The van der Waals surface area contributed by atoms with E-state index in [0.717, 1.165) is 12.8 Å². The van der Waals surface area contributed by atoms with E-state index in [1.54, 1.807) is 6.92 Å². The third-order valence-electron chi connectivity index (χ3n) is 4.71. The first-order chi connectivity index (χ1) is 14.9. The zero-order valence-electron chi connectivity index (χ0n) is 18.3. The van der Waals surface area contributed by atoms with Gasteiger partial charge in [-0.05, 0) is 32.3 Å². The van der Waals surface area contributed by atoms with Crippen molar-refractivity contribution in [1.82, 2.24) is 10.6 Å². The highest BCUT2D eigenvalue weighted by Crippen LogP contribution is 2.41. The molecule has 0 bridgehead atoms. The summed E-state index contributed by atoms with van der Waals surface area (Å²) in [7, 11) is 1.39. The van der Waals surface area contributed by atoms with Crippen molar-refractivity contribution in [2.24, 2.45) is 0 Å². The second-order valence-electron chi connectivity index (χ2n) is 6.92. The summed E-state index contributed by atoms with van der Waals surface area (Å²) in [6.07, 6.45) is 2.71. The molecule has 0 fully saturated rings. The van der Waals surface area contributed by atoms with Crippen LogP contribution in [0.3, 0.4) is 0 Å². The molecule has 0 saturated carbocycles. The number of benzene rings is 1. The van der Waals surface area contributed by atoms with Crippen molar-refractivity contribution in [3.8, 4) is 11.5 Å². The van der Waals surface area contributed by atoms with E-state index in [1.165, 1.54) is 19.2 Å². The Hall–Kier alpha value is -3.30. The lowest BCUT2D eigenvalue weighted by molar-refractivity contribution is -0.385. The SMILES string of the molecule is CCCCC1=C(C(=O)OCC)C(c2cc(OCCC)c(OC)cc2[N+](=O)[O-])NC(=O)N1. The van der Waals surface area contributed by atoms with Crippen molar-refractivity contribution in [3.63, 3.8) is 0 Å². The summed E-state index contributed by atoms with van der Waals surface area (Å²) in [6, 6.07) is 1.06. The van der Waals surface area contributed by atoms with E-state index in [9.17, 15) is 19.7 Å². The van der Waals surface area contributed by atoms with Gasteiger partial charge >= 0.3 is 12.0 Å². The number of ether oxygens (including phenoxy) is 3. The lowest BCUT2D eigenvalue weighted by Crippen LogP contribution is -2.46. The summed E-state index contributed by atoms with van der Waals surface area (Å²) in [4.78, 5) is 36.5. The van der Waals surface area contributed by atoms with Crippen LogP contribution in [-0.4, -0.2) is 37.2 Å². The smallest absolute Gasteiger partial charge is 0.338 e. The molecule has 0 aromatic heterocycles. The van der Waals surface area contributed by atoms with Crippen molar-refractivity contribution in [2.45, 2.75) is 52.5 Å². The number of carbonyl (C=O) groups is 2. The quantitative estimate of drug-likeness (QED) is 0.308. The van der Waals surface area contributed by atoms with Gasteiger partial charge in [-0.15, -0.1) is 0 Å². The second-order valence-corrected chi connectivity index (χ2v) is 6.92. The Bertz CT molecular complexity index is 867. The summed E-state index contributed by atoms with van der Waals surface area (Å²) in [5.41, 5.74) is 0.355. The van der Waals surface area contributed by atoms with Gasteiger partial charge in [0.25, 0.3) is 5.69 Å². The van der Waals surface area contributed by atoms with Gasteiger partial charge in [0.1, 0.15) is 0 Å². The van der Waals surface area contributed by atoms with Gasteiger partial charge in [0.15, 0.2) is 11.5 Å². The van der Waals surface area contributed by atoms with Crippen LogP contribution in [0.15, 0.2) is 23.4 Å². The second kappa shape index (κ2) is 11.2. The van der Waals surface area contributed by atoms with E-state index in [0.29, 0.717) is 25.1 Å². The van der Waals surface area contributed by atoms with Gasteiger partial charge < -0.3 is 24.8 Å². The van der Waals surface area contributed by atoms with E-state index in [1.807, 2.05) is 13.8 Å². The van der Waals surface area contributed by atoms with Crippen molar-refractivity contribution in [1.29, 1.82) is 0 Å². The maximum absolute atomic E-state index is 12.8. The van der Waals surface area contributed by atoms with Crippen molar-refractivity contribution in [3.05, 3.63) is 39.1 Å². The Kier molecular flexibility index (Phi) is 8.65. The number of allylic oxidation sites excluding steroid dienone is 1. The summed E-state index contributed by atoms with van der Waals surface area (Å²) in [5, 5.41) is 17.1. The largest absolute Gasteiger partial charge is 0.493 e. The number of amides is 2. The molecular weight excluding hydrogens is 406 g/mol. The van der Waals surface area contributed by atoms with E-state index in [-0.39, 0.29) is 34.9 Å². The fourth-order valence-corrected chi connectivity index (χ4v) is 3.29. The summed E-state index contributed by atoms with van der Waals surface area (Å²) in [6.45, 7) is 6.07. The molecule has 1 aliphatic rings. The van der Waals surface area contributed by atoms with Crippen LogP contribution in [0.2, 0.25) is 0 Å². The molecule has 31 heavy (non-hydrogen) atoms. The molecular formula is C21H29N3O7. The number of nitro benzene ring substituents is 1. The lowest BCUT2D eigenvalue weighted by atomic mass is 9.92. The number of hydrogen-bond acceptors (Lipinski definition) is 7. The van der Waals surface area contributed by atoms with Crippen molar-refractivity contribution in [2.75, 3.05) is 20.3 Å². The van der Waals surface area contributed by atoms with Gasteiger partial charge in [0, 0.05) is 5.70 Å². The molecule has 1 aromatic rings. The standard InChI is InChI=1S/C21H29N3O7/c1-5-8-9-14-18(20(25)30-7-3)19(23-21(26)22-14)13-11-17(31-10-6-2)16(29-4)12-15(13)24(27)28/h11-12,19H,5-10H2,1-4H3,(H2,22,23,26). The lowest BCUT2D eigenvalue weighted by Gasteiger charge is -2.29. The molecule has 1 aliphatic heterocycles. The third kappa shape index (κ3) is 5.65. The van der Waals surface area contributed by atoms with Crippen LogP contribution in [0.5, 0.6) is 11.5 Å². The maximum atomic E-state index is 12.8. The molecule has 1 heterocycles. The topological polar surface area (TPSA) is 129 Å². The minimum absolute atomic E-state index is 0.115. The fourth-order valence-electron chi connectivity index (χ4n) is 3.29. The Morgan fingerprint density at radius 1 is 1.19 bits per heavy atom. The first-order valence-electron chi connectivity index (χ1n) is 10.3. The number of methoxy groups -OCH3 is 1. The fraction of sp³-hybridized carbons (Fsp3) is 0.524. The number of nitrogens with one attached hydrogen (secondary N) is 2. The number of nitro groups is 1. The predicted octanol–water partition coefficient (Wildman–Crippen LogP) is 3.75. The molecule has 2 rings (SSSR count). The normalized spacial score (nSPS) is 15.7. The Morgan fingerprint density at radius 3 is 2.52 bits per heavy atom. The van der Waals surface area contributed by atoms with Crippen LogP contribution in [0.4, 0.5) is 10.5 Å². The summed E-state index contributed by atoms with van der Waals surface area (Å²) in [5.74, 6) is -0.166. The van der Waals surface area contributed by atoms with Crippen LogP contribution < -0.4 is 20.1 Å². The zero-order chi connectivity index (χ0) is 23.0. The molecule has 10 heteroatoms. The van der Waals surface area contributed by atoms with E-state index >= 15 is 0 Å². The van der Waals surface area contributed by atoms with E-state index in [2.05, 4.69) is 10.6 Å². The van der Waals surface area contributed by atoms with Gasteiger partial charge in [0.2, 0.25) is 0 Å². The van der Waals surface area contributed by atoms with Crippen LogP contribution >= 0.6 is 0 Å². The van der Waals surface area contributed by atoms with Gasteiger partial charge in [-0.3, -0.25) is 10.1 Å². The predicted molar refractivity (Wildman–Crippen MR) is 113 cm³/mol. The molecule has 1 unspecified atom stereocenters. The molecule has 0 spiro atoms. The van der Waals surface area contributed by atoms with Gasteiger partial charge in [-0.1, -0.05) is 20.3 Å². The first kappa shape index (κ1) is 24.0. The Balaban J connectivity index is 2.71. The van der Waals surface area contributed by atoms with E-state index in [4.69, 9.17) is 14.2 Å². The molecule has 1 atom stereocenters. The number of carbonyl (C=O) groups excluding carboxylic acids is 2. The average Bonchev–Trinajstić information content (AvgIpc) is 2.75. The Labute approximate surface area is 181 Å². The molecule has 1 aromatic carbocycles. The van der Waals surface area contributed by atoms with Crippen LogP contribution in [-0.2, 0) is 9.53 Å². The van der Waals surface area contributed by atoms with Crippen molar-refractivity contribution >= 4 is 17.7 Å². The van der Waals surface area contributed by atoms with Gasteiger partial charge in [-0.2, -0.15) is 0 Å². The molecule has 0 saturated heterocycles. The first-order valence-corrected chi connectivity index (χ1v) is 10.3. The molecule has 0 radical (unpaired) electrons. The molecule has 2 N–H and O–H groups in total. The van der Waals surface area contributed by atoms with Crippen LogP contribution in [0.25, 0.3) is 0 Å². The summed E-state index contributed by atoms with van der Waals surface area (Å²) < 4.78 is 16.2. The van der Waals surface area contributed by atoms with Gasteiger partial charge in [-0.25, -0.2) is 9.59 Å². The van der Waals surface area contributed by atoms with Crippen LogP contribution in [0.1, 0.15) is 58.1 Å². The number of rotatable bonds is 11. The third-order valence-corrected chi connectivity index (χ3v) is 4.71. The highest BCUT2D eigenvalue weighted by atomic mass is 16.6. The number of nitrogens with zero attached hydrogens (tertiary/aromatic N) is 1. The maximum Gasteiger partial charge on any atom is 0.338 e. The highest BCUT2D eigenvalue weighted by molar-refractivity contribution is 5.95. The molecule has 170 valence electrons. The minimum Gasteiger partial charge on any atom is -0.493 e. The van der Waals surface area contributed by atoms with Gasteiger partial charge in [0.05, 0.1) is 48.5 Å². The summed E-state index contributed by atoms with van der Waals surface area (Å²) >= 11 is 0.